The summed E-state index contributed by atoms with van der Waals surface area (Å²) < 4.78 is 82.5. The molecule has 0 atom stereocenters. The zero-order valence-electron chi connectivity index (χ0n) is 20.7. The van der Waals surface area contributed by atoms with Crippen molar-refractivity contribution in [2.75, 3.05) is 32.7 Å². The molecule has 0 aliphatic carbocycles. The minimum absolute atomic E-state index is 0.104. The minimum Gasteiger partial charge on any atom is -0.339 e. The van der Waals surface area contributed by atoms with E-state index in [0.717, 1.165) is 9.47 Å². The number of nitrogens with zero attached hydrogens (tertiary/aromatic N) is 5. The molecule has 2 aromatic rings. The molecule has 3 amide bonds. The van der Waals surface area contributed by atoms with E-state index in [9.17, 15) is 40.7 Å². The molecule has 2 aliphatic heterocycles. The van der Waals surface area contributed by atoms with E-state index < -0.39 is 59.8 Å². The fraction of sp³-hybridized carbons (Fsp3) is 0.458. The predicted molar refractivity (Wildman–Crippen MR) is 123 cm³/mol. The van der Waals surface area contributed by atoms with Crippen LogP contribution in [0.1, 0.15) is 40.9 Å². The smallest absolute Gasteiger partial charge is 0.339 e. The van der Waals surface area contributed by atoms with E-state index in [2.05, 4.69) is 4.98 Å². The number of benzene rings is 1. The second-order valence-corrected chi connectivity index (χ2v) is 9.31. The summed E-state index contributed by atoms with van der Waals surface area (Å²) in [5.41, 5.74) is -1.20. The third-order valence-electron chi connectivity index (χ3n) is 6.69. The summed E-state index contributed by atoms with van der Waals surface area (Å²) in [5, 5.41) is 8.03. The number of amides is 3. The first kappa shape index (κ1) is 28.1. The normalized spacial score (nSPS) is 15.8. The Hall–Kier alpha value is -3.91. The highest BCUT2D eigenvalue weighted by Crippen LogP contribution is 2.33. The lowest BCUT2D eigenvalue weighted by Gasteiger charge is -2.34. The largest absolute Gasteiger partial charge is 0.449 e. The van der Waals surface area contributed by atoms with Gasteiger partial charge in [0.25, 0.3) is 5.91 Å². The van der Waals surface area contributed by atoms with E-state index in [4.69, 9.17) is 5.41 Å². The third kappa shape index (κ3) is 5.91. The molecule has 0 radical (unpaired) electrons. The molecule has 4 rings (SSSR count). The van der Waals surface area contributed by atoms with Crippen molar-refractivity contribution < 1.29 is 40.7 Å². The molecule has 0 bridgehead atoms. The Morgan fingerprint density at radius 3 is 2.10 bits per heavy atom. The number of piperazine rings is 1. The number of hydrogen-bond acceptors (Lipinski definition) is 5. The molecular weight excluding hydrogens is 534 g/mol. The van der Waals surface area contributed by atoms with Crippen LogP contribution in [0.15, 0.2) is 12.1 Å². The van der Waals surface area contributed by atoms with Crippen molar-refractivity contribution in [1.82, 2.24) is 24.3 Å². The first-order valence-corrected chi connectivity index (χ1v) is 11.9. The summed E-state index contributed by atoms with van der Waals surface area (Å²) in [6, 6.07) is 0.929. The van der Waals surface area contributed by atoms with Crippen LogP contribution in [0.3, 0.4) is 0 Å². The lowest BCUT2D eigenvalue weighted by atomic mass is 10.0. The second-order valence-electron chi connectivity index (χ2n) is 9.31. The zero-order chi connectivity index (χ0) is 28.6. The number of rotatable bonds is 5. The lowest BCUT2D eigenvalue weighted by Crippen LogP contribution is -2.50. The van der Waals surface area contributed by atoms with Gasteiger partial charge in [-0.05, 0) is 11.6 Å². The highest BCUT2D eigenvalue weighted by molar-refractivity contribution is 6.00. The van der Waals surface area contributed by atoms with Gasteiger partial charge in [0, 0.05) is 64.4 Å². The second kappa shape index (κ2) is 10.7. The van der Waals surface area contributed by atoms with Crippen molar-refractivity contribution in [2.24, 2.45) is 0 Å². The van der Waals surface area contributed by atoms with Crippen LogP contribution in [-0.2, 0) is 35.3 Å². The van der Waals surface area contributed by atoms with Crippen LogP contribution in [0.5, 0.6) is 0 Å². The standard InChI is InChI=1S/C24H24F6N6O3/c1-13(37)33-2-4-34(5-3-33)22(39)21-19-12-35(6-7-36(19)23(32-21)24(28,29)30)20(38)10-15(31)8-14-9-17(26)18(27)11-16(14)25/h9,11,31H,2-8,10,12H2,1H3. The van der Waals surface area contributed by atoms with Gasteiger partial charge >= 0.3 is 6.18 Å². The fourth-order valence-corrected chi connectivity index (χ4v) is 4.63. The number of nitrogens with one attached hydrogen (secondary N) is 1. The first-order valence-electron chi connectivity index (χ1n) is 11.9. The van der Waals surface area contributed by atoms with E-state index >= 15 is 0 Å². The first-order chi connectivity index (χ1) is 18.3. The summed E-state index contributed by atoms with van der Waals surface area (Å²) in [6.45, 7) is 1.16. The van der Waals surface area contributed by atoms with Crippen molar-refractivity contribution in [3.8, 4) is 0 Å². The number of imidazole rings is 1. The SMILES string of the molecule is CC(=O)N1CCN(C(=O)c2nc(C(F)(F)F)n3c2CN(C(=O)CC(=N)Cc2cc(F)c(F)cc2F)CC3)CC1. The van der Waals surface area contributed by atoms with Crippen molar-refractivity contribution in [2.45, 2.75) is 39.0 Å². The van der Waals surface area contributed by atoms with Crippen LogP contribution in [0.4, 0.5) is 26.3 Å². The van der Waals surface area contributed by atoms with E-state index in [0.29, 0.717) is 12.1 Å². The quantitative estimate of drug-likeness (QED) is 0.346. The van der Waals surface area contributed by atoms with Gasteiger partial charge in [-0.1, -0.05) is 0 Å². The van der Waals surface area contributed by atoms with Gasteiger partial charge < -0.3 is 24.7 Å². The number of carbonyl (C=O) groups excluding carboxylic acids is 3. The average Bonchev–Trinajstić information content (AvgIpc) is 3.26. The summed E-state index contributed by atoms with van der Waals surface area (Å²) >= 11 is 0. The number of fused-ring (bicyclic) bond motifs is 1. The summed E-state index contributed by atoms with van der Waals surface area (Å²) in [6.07, 6.45) is -5.88. The van der Waals surface area contributed by atoms with Gasteiger partial charge in [-0.2, -0.15) is 13.2 Å². The highest BCUT2D eigenvalue weighted by Gasteiger charge is 2.42. The molecule has 3 heterocycles. The van der Waals surface area contributed by atoms with Crippen molar-refractivity contribution in [1.29, 1.82) is 5.41 Å². The Bertz CT molecular complexity index is 1330. The molecule has 1 aromatic carbocycles. The number of alkyl halides is 3. The Balaban J connectivity index is 1.50. The molecular formula is C24H24F6N6O3. The molecule has 1 fully saturated rings. The van der Waals surface area contributed by atoms with Gasteiger partial charge in [-0.25, -0.2) is 18.2 Å². The van der Waals surface area contributed by atoms with Gasteiger partial charge in [0.15, 0.2) is 17.3 Å². The van der Waals surface area contributed by atoms with Crippen molar-refractivity contribution in [3.05, 3.63) is 52.4 Å². The number of halogens is 6. The number of hydrogen-bond donors (Lipinski definition) is 1. The predicted octanol–water partition coefficient (Wildman–Crippen LogP) is 2.62. The molecule has 15 heteroatoms. The van der Waals surface area contributed by atoms with Crippen LogP contribution < -0.4 is 0 Å². The molecule has 210 valence electrons. The minimum atomic E-state index is -4.86. The summed E-state index contributed by atoms with van der Waals surface area (Å²) in [5.74, 6) is -6.67. The maximum Gasteiger partial charge on any atom is 0.449 e. The van der Waals surface area contributed by atoms with Gasteiger partial charge in [-0.15, -0.1) is 0 Å². The molecule has 2 aliphatic rings. The zero-order valence-corrected chi connectivity index (χ0v) is 20.7. The maximum atomic E-state index is 13.9. The number of carbonyl (C=O) groups is 3. The number of aromatic nitrogens is 2. The monoisotopic (exact) mass is 558 g/mol. The molecule has 1 N–H and O–H groups in total. The van der Waals surface area contributed by atoms with Crippen molar-refractivity contribution >= 4 is 23.4 Å². The third-order valence-corrected chi connectivity index (χ3v) is 6.69. The topological polar surface area (TPSA) is 103 Å². The van der Waals surface area contributed by atoms with E-state index in [1.54, 1.807) is 0 Å². The van der Waals surface area contributed by atoms with Crippen LogP contribution >= 0.6 is 0 Å². The Morgan fingerprint density at radius 1 is 0.897 bits per heavy atom. The van der Waals surface area contributed by atoms with E-state index in [-0.39, 0.29) is 68.7 Å². The molecule has 1 saturated heterocycles. The average molecular weight is 558 g/mol. The van der Waals surface area contributed by atoms with Crippen LogP contribution in [0.25, 0.3) is 0 Å². The Kier molecular flexibility index (Phi) is 7.70. The molecule has 0 unspecified atom stereocenters. The molecule has 1 aromatic heterocycles. The molecule has 0 saturated carbocycles. The Labute approximate surface area is 218 Å². The van der Waals surface area contributed by atoms with Crippen LogP contribution in [0.2, 0.25) is 0 Å². The highest BCUT2D eigenvalue weighted by atomic mass is 19.4. The van der Waals surface area contributed by atoms with Gasteiger partial charge in [0.2, 0.25) is 17.6 Å². The van der Waals surface area contributed by atoms with Gasteiger partial charge in [0.05, 0.1) is 18.7 Å². The molecule has 39 heavy (non-hydrogen) atoms. The van der Waals surface area contributed by atoms with Crippen LogP contribution in [0, 0.1) is 22.9 Å². The molecule has 9 nitrogen and oxygen atoms in total. The van der Waals surface area contributed by atoms with E-state index in [1.807, 2.05) is 0 Å². The maximum absolute atomic E-state index is 13.9. The van der Waals surface area contributed by atoms with Gasteiger partial charge in [0.1, 0.15) is 5.82 Å². The van der Waals surface area contributed by atoms with Crippen molar-refractivity contribution in [3.63, 3.8) is 0 Å². The lowest BCUT2D eigenvalue weighted by molar-refractivity contribution is -0.148. The van der Waals surface area contributed by atoms with E-state index in [1.165, 1.54) is 16.7 Å². The molecule has 0 spiro atoms. The van der Waals surface area contributed by atoms with Crippen LogP contribution in [-0.4, -0.2) is 80.4 Å². The summed E-state index contributed by atoms with van der Waals surface area (Å²) in [7, 11) is 0. The fourth-order valence-electron chi connectivity index (χ4n) is 4.63. The summed E-state index contributed by atoms with van der Waals surface area (Å²) in [4.78, 5) is 45.2. The Morgan fingerprint density at radius 2 is 1.49 bits per heavy atom. The van der Waals surface area contributed by atoms with Gasteiger partial charge in [-0.3, -0.25) is 14.4 Å².